The van der Waals surface area contributed by atoms with E-state index in [0.29, 0.717) is 39.4 Å². The number of nitrogens with zero attached hydrogens (tertiary/aromatic N) is 3. The summed E-state index contributed by atoms with van der Waals surface area (Å²) in [6, 6.07) is 12.7. The van der Waals surface area contributed by atoms with Crippen molar-refractivity contribution >= 4 is 34.0 Å². The second-order valence-corrected chi connectivity index (χ2v) is 7.19. The van der Waals surface area contributed by atoms with Crippen molar-refractivity contribution in [2.75, 3.05) is 33.7 Å². The van der Waals surface area contributed by atoms with Gasteiger partial charge in [-0.2, -0.15) is 0 Å². The lowest BCUT2D eigenvalue weighted by Crippen LogP contribution is -2.20. The number of para-hydroxylation sites is 2. The molecule has 0 aliphatic rings. The molecule has 0 fully saturated rings. The Morgan fingerprint density at radius 1 is 1.03 bits per heavy atom. The summed E-state index contributed by atoms with van der Waals surface area (Å²) in [4.78, 5) is 22.5. The van der Waals surface area contributed by atoms with Crippen LogP contribution >= 0.6 is 0 Å². The van der Waals surface area contributed by atoms with Gasteiger partial charge in [0.15, 0.2) is 17.1 Å². The van der Waals surface area contributed by atoms with Crippen molar-refractivity contribution in [3.05, 3.63) is 48.0 Å². The molecule has 4 aromatic rings. The SMILES string of the molecule is COC[C@@H](C)OC(=O)c1c(N)n(-c2ccc(OC)c(OC)c2)c2nc3ccccc3nc12. The van der Waals surface area contributed by atoms with Gasteiger partial charge in [-0.1, -0.05) is 12.1 Å². The van der Waals surface area contributed by atoms with Crippen LogP contribution in [0.25, 0.3) is 27.9 Å². The van der Waals surface area contributed by atoms with Gasteiger partial charge in [0.25, 0.3) is 0 Å². The van der Waals surface area contributed by atoms with Crippen LogP contribution in [0.2, 0.25) is 0 Å². The molecule has 2 heterocycles. The molecular formula is C23H24N4O5. The molecule has 9 heteroatoms. The predicted molar refractivity (Wildman–Crippen MR) is 121 cm³/mol. The maximum Gasteiger partial charge on any atom is 0.344 e. The van der Waals surface area contributed by atoms with E-state index in [9.17, 15) is 4.79 Å². The van der Waals surface area contributed by atoms with Crippen molar-refractivity contribution in [2.24, 2.45) is 0 Å². The Morgan fingerprint density at radius 2 is 1.72 bits per heavy atom. The first kappa shape index (κ1) is 21.4. The molecule has 0 aliphatic carbocycles. The molecule has 0 aliphatic heterocycles. The van der Waals surface area contributed by atoms with Gasteiger partial charge in [-0.05, 0) is 31.2 Å². The van der Waals surface area contributed by atoms with Crippen molar-refractivity contribution in [1.29, 1.82) is 0 Å². The molecule has 2 aromatic carbocycles. The summed E-state index contributed by atoms with van der Waals surface area (Å²) in [6.45, 7) is 2.00. The Balaban J connectivity index is 1.97. The van der Waals surface area contributed by atoms with Crippen LogP contribution in [0.3, 0.4) is 0 Å². The van der Waals surface area contributed by atoms with E-state index in [1.807, 2.05) is 24.3 Å². The van der Waals surface area contributed by atoms with Gasteiger partial charge < -0.3 is 24.7 Å². The van der Waals surface area contributed by atoms with Crippen LogP contribution in [0.15, 0.2) is 42.5 Å². The van der Waals surface area contributed by atoms with Gasteiger partial charge >= 0.3 is 5.97 Å². The molecule has 0 unspecified atom stereocenters. The van der Waals surface area contributed by atoms with E-state index in [0.717, 1.165) is 0 Å². The fourth-order valence-electron chi connectivity index (χ4n) is 3.60. The largest absolute Gasteiger partial charge is 0.493 e. The van der Waals surface area contributed by atoms with Gasteiger partial charge in [-0.15, -0.1) is 0 Å². The first-order valence-electron chi connectivity index (χ1n) is 9.97. The number of ether oxygens (including phenoxy) is 4. The topological polar surface area (TPSA) is 111 Å². The highest BCUT2D eigenvalue weighted by atomic mass is 16.6. The van der Waals surface area contributed by atoms with Crippen molar-refractivity contribution in [3.63, 3.8) is 0 Å². The second-order valence-electron chi connectivity index (χ2n) is 7.19. The Labute approximate surface area is 184 Å². The van der Waals surface area contributed by atoms with E-state index in [1.54, 1.807) is 51.0 Å². The maximum atomic E-state index is 13.1. The number of anilines is 1. The number of carbonyl (C=O) groups excluding carboxylic acids is 1. The smallest absolute Gasteiger partial charge is 0.344 e. The van der Waals surface area contributed by atoms with Crippen LogP contribution in [0.1, 0.15) is 17.3 Å². The average molecular weight is 436 g/mol. The van der Waals surface area contributed by atoms with Gasteiger partial charge in [0.2, 0.25) is 0 Å². The minimum atomic E-state index is -0.596. The highest BCUT2D eigenvalue weighted by Crippen LogP contribution is 2.35. The summed E-state index contributed by atoms with van der Waals surface area (Å²) >= 11 is 0. The Hall–Kier alpha value is -3.85. The van der Waals surface area contributed by atoms with Gasteiger partial charge in [0, 0.05) is 13.2 Å². The van der Waals surface area contributed by atoms with Crippen LogP contribution in [0.4, 0.5) is 5.82 Å². The third-order valence-electron chi connectivity index (χ3n) is 5.04. The van der Waals surface area contributed by atoms with E-state index in [2.05, 4.69) is 4.98 Å². The van der Waals surface area contributed by atoms with Crippen LogP contribution in [0, 0.1) is 0 Å². The number of nitrogens with two attached hydrogens (primary N) is 1. The quantitative estimate of drug-likeness (QED) is 0.439. The second kappa shape index (κ2) is 8.72. The highest BCUT2D eigenvalue weighted by molar-refractivity contribution is 6.09. The number of nitrogen functional groups attached to an aromatic ring is 1. The summed E-state index contributed by atoms with van der Waals surface area (Å²) in [6.07, 6.45) is -0.459. The van der Waals surface area contributed by atoms with Crippen LogP contribution in [-0.2, 0) is 9.47 Å². The van der Waals surface area contributed by atoms with Gasteiger partial charge in [0.1, 0.15) is 23.0 Å². The molecular weight excluding hydrogens is 412 g/mol. The number of carbonyl (C=O) groups is 1. The van der Waals surface area contributed by atoms with E-state index >= 15 is 0 Å². The zero-order valence-corrected chi connectivity index (χ0v) is 18.3. The third-order valence-corrected chi connectivity index (χ3v) is 5.04. The molecule has 0 saturated heterocycles. The molecule has 0 saturated carbocycles. The van der Waals surface area contributed by atoms with Gasteiger partial charge in [0.05, 0.1) is 37.5 Å². The number of benzene rings is 2. The van der Waals surface area contributed by atoms with Crippen LogP contribution in [0.5, 0.6) is 11.5 Å². The number of hydrogen-bond donors (Lipinski definition) is 1. The maximum absolute atomic E-state index is 13.1. The molecule has 4 rings (SSSR count). The third kappa shape index (κ3) is 3.67. The van der Waals surface area contributed by atoms with Crippen molar-refractivity contribution in [1.82, 2.24) is 14.5 Å². The lowest BCUT2D eigenvalue weighted by Gasteiger charge is -2.13. The summed E-state index contributed by atoms with van der Waals surface area (Å²) < 4.78 is 23.0. The lowest BCUT2D eigenvalue weighted by atomic mass is 10.2. The number of rotatable bonds is 7. The lowest BCUT2D eigenvalue weighted by molar-refractivity contribution is 0.0123. The van der Waals surface area contributed by atoms with Crippen LogP contribution in [-0.4, -0.2) is 54.5 Å². The summed E-state index contributed by atoms with van der Waals surface area (Å²) in [5.41, 5.74) is 9.39. The standard InChI is InChI=1S/C23H24N4O5/c1-13(12-29-2)32-23(28)19-20-22(26-16-8-6-5-7-15(16)25-20)27(21(19)24)14-9-10-17(30-3)18(11-14)31-4/h5-11,13H,12,24H2,1-4H3/t13-/m1/s1. The Bertz CT molecular complexity index is 1300. The van der Waals surface area contributed by atoms with E-state index in [-0.39, 0.29) is 18.0 Å². The van der Waals surface area contributed by atoms with Crippen molar-refractivity contribution in [3.8, 4) is 17.2 Å². The summed E-state index contributed by atoms with van der Waals surface area (Å²) in [5.74, 6) is 0.645. The minimum Gasteiger partial charge on any atom is -0.493 e. The minimum absolute atomic E-state index is 0.149. The number of fused-ring (bicyclic) bond motifs is 2. The molecule has 0 radical (unpaired) electrons. The molecule has 2 N–H and O–H groups in total. The molecule has 32 heavy (non-hydrogen) atoms. The molecule has 0 spiro atoms. The van der Waals surface area contributed by atoms with Crippen LogP contribution < -0.4 is 15.2 Å². The van der Waals surface area contributed by atoms with E-state index in [4.69, 9.17) is 29.7 Å². The molecule has 166 valence electrons. The summed E-state index contributed by atoms with van der Waals surface area (Å²) in [5, 5.41) is 0. The Morgan fingerprint density at radius 3 is 2.38 bits per heavy atom. The zero-order valence-electron chi connectivity index (χ0n) is 18.3. The summed E-state index contributed by atoms with van der Waals surface area (Å²) in [7, 11) is 4.65. The first-order chi connectivity index (χ1) is 15.5. The number of methoxy groups -OCH3 is 3. The highest BCUT2D eigenvalue weighted by Gasteiger charge is 2.27. The van der Waals surface area contributed by atoms with E-state index < -0.39 is 12.1 Å². The predicted octanol–water partition coefficient (Wildman–Crippen LogP) is 3.36. The molecule has 0 bridgehead atoms. The van der Waals surface area contributed by atoms with Crippen molar-refractivity contribution in [2.45, 2.75) is 13.0 Å². The van der Waals surface area contributed by atoms with Gasteiger partial charge in [-0.3, -0.25) is 4.57 Å². The fourth-order valence-corrected chi connectivity index (χ4v) is 3.60. The molecule has 0 amide bonds. The molecule has 1 atom stereocenters. The molecule has 9 nitrogen and oxygen atoms in total. The van der Waals surface area contributed by atoms with Crippen molar-refractivity contribution < 1.29 is 23.7 Å². The zero-order chi connectivity index (χ0) is 22.8. The Kier molecular flexibility index (Phi) is 5.83. The average Bonchev–Trinajstić information content (AvgIpc) is 3.07. The number of hydrogen-bond acceptors (Lipinski definition) is 8. The normalized spacial score (nSPS) is 12.1. The number of aromatic nitrogens is 3. The number of esters is 1. The fraction of sp³-hybridized carbons (Fsp3) is 0.261. The van der Waals surface area contributed by atoms with Gasteiger partial charge in [-0.25, -0.2) is 14.8 Å². The van der Waals surface area contributed by atoms with E-state index in [1.165, 1.54) is 0 Å². The molecule has 2 aromatic heterocycles. The monoisotopic (exact) mass is 436 g/mol. The first-order valence-corrected chi connectivity index (χ1v) is 9.97.